The summed E-state index contributed by atoms with van der Waals surface area (Å²) in [5, 5.41) is 8.67. The average Bonchev–Trinajstić information content (AvgIpc) is 2.73. The summed E-state index contributed by atoms with van der Waals surface area (Å²) in [5.74, 6) is 0.834. The molecule has 0 aromatic carbocycles. The van der Waals surface area contributed by atoms with Crippen LogP contribution in [0.1, 0.15) is 26.5 Å². The minimum Gasteiger partial charge on any atom is -0.368 e. The van der Waals surface area contributed by atoms with Gasteiger partial charge in [-0.05, 0) is 20.8 Å². The van der Waals surface area contributed by atoms with Crippen LogP contribution in [-0.2, 0) is 11.3 Å². The molecule has 4 N–H and O–H groups in total. The second kappa shape index (κ2) is 5.00. The van der Waals surface area contributed by atoms with Crippen LogP contribution in [0, 0.1) is 0 Å². The van der Waals surface area contributed by atoms with E-state index < -0.39 is 0 Å². The van der Waals surface area contributed by atoms with E-state index in [-0.39, 0.29) is 17.4 Å². The predicted octanol–water partition coefficient (Wildman–Crippen LogP) is 0.675. The summed E-state index contributed by atoms with van der Waals surface area (Å²) in [6, 6.07) is 0. The monoisotopic (exact) mass is 280 g/mol. The quantitative estimate of drug-likeness (QED) is 0.787. The fraction of sp³-hybridized carbons (Fsp3) is 0.500. The lowest BCUT2D eigenvalue weighted by atomic mass is 10.1. The van der Waals surface area contributed by atoms with Crippen LogP contribution >= 0.6 is 11.8 Å². The first-order chi connectivity index (χ1) is 8.84. The first kappa shape index (κ1) is 13.5. The van der Waals surface area contributed by atoms with Gasteiger partial charge in [0.05, 0.1) is 11.2 Å². The standard InChI is InChI=1S/C10H16N8S/c1-10(2,3)18-4-6(16-17-18)5-19-9-14-7(11)13-8(12)15-9/h4H,5H2,1-3H3,(H4,11,12,13,14,15). The lowest BCUT2D eigenvalue weighted by molar-refractivity contribution is 0.347. The maximum Gasteiger partial charge on any atom is 0.225 e. The molecule has 102 valence electrons. The number of hydrogen-bond donors (Lipinski definition) is 2. The third-order valence-electron chi connectivity index (χ3n) is 2.23. The molecule has 0 aliphatic heterocycles. The van der Waals surface area contributed by atoms with Gasteiger partial charge in [0.1, 0.15) is 0 Å². The molecule has 0 aliphatic rings. The fourth-order valence-electron chi connectivity index (χ4n) is 1.28. The number of nitrogens with zero attached hydrogens (tertiary/aromatic N) is 6. The van der Waals surface area contributed by atoms with Crippen molar-refractivity contribution in [1.29, 1.82) is 0 Å². The van der Waals surface area contributed by atoms with Crippen LogP contribution < -0.4 is 11.5 Å². The van der Waals surface area contributed by atoms with Gasteiger partial charge in [0, 0.05) is 11.9 Å². The molecule has 9 heteroatoms. The normalized spacial score (nSPS) is 11.7. The molecule has 8 nitrogen and oxygen atoms in total. The minimum atomic E-state index is -0.0854. The zero-order valence-electron chi connectivity index (χ0n) is 11.0. The number of thioether (sulfide) groups is 1. The van der Waals surface area contributed by atoms with Crippen LogP contribution in [0.25, 0.3) is 0 Å². The Kier molecular flexibility index (Phi) is 3.56. The molecular weight excluding hydrogens is 264 g/mol. The highest BCUT2D eigenvalue weighted by molar-refractivity contribution is 7.98. The van der Waals surface area contributed by atoms with E-state index >= 15 is 0 Å². The number of rotatable bonds is 3. The van der Waals surface area contributed by atoms with Crippen LogP contribution in [0.3, 0.4) is 0 Å². The highest BCUT2D eigenvalue weighted by Crippen LogP contribution is 2.20. The molecular formula is C10H16N8S. The van der Waals surface area contributed by atoms with Crippen LogP contribution in [0.15, 0.2) is 11.4 Å². The zero-order chi connectivity index (χ0) is 14.0. The molecule has 19 heavy (non-hydrogen) atoms. The first-order valence-electron chi connectivity index (χ1n) is 5.66. The smallest absolute Gasteiger partial charge is 0.225 e. The Hall–Kier alpha value is -1.90. The fourth-order valence-corrected chi connectivity index (χ4v) is 2.01. The van der Waals surface area contributed by atoms with E-state index in [1.54, 1.807) is 0 Å². The van der Waals surface area contributed by atoms with Gasteiger partial charge in [-0.25, -0.2) is 4.68 Å². The van der Waals surface area contributed by atoms with Gasteiger partial charge in [-0.1, -0.05) is 17.0 Å². The molecule has 2 heterocycles. The van der Waals surface area contributed by atoms with Crippen LogP contribution in [0.5, 0.6) is 0 Å². The van der Waals surface area contributed by atoms with Gasteiger partial charge in [0.15, 0.2) is 5.16 Å². The Bertz CT molecular complexity index is 553. The molecule has 0 amide bonds. The molecule has 2 aromatic rings. The van der Waals surface area contributed by atoms with Gasteiger partial charge in [-0.3, -0.25) is 0 Å². The molecule has 0 fully saturated rings. The van der Waals surface area contributed by atoms with Gasteiger partial charge >= 0.3 is 0 Å². The molecule has 0 aliphatic carbocycles. The third-order valence-corrected chi connectivity index (χ3v) is 3.11. The average molecular weight is 280 g/mol. The van der Waals surface area contributed by atoms with Crippen LogP contribution in [-0.4, -0.2) is 29.9 Å². The topological polar surface area (TPSA) is 121 Å². The highest BCUT2D eigenvalue weighted by atomic mass is 32.2. The molecule has 0 bridgehead atoms. The number of aromatic nitrogens is 6. The van der Waals surface area contributed by atoms with Gasteiger partial charge in [-0.15, -0.1) is 5.10 Å². The summed E-state index contributed by atoms with van der Waals surface area (Å²) in [5.41, 5.74) is 11.8. The minimum absolute atomic E-state index is 0.0854. The van der Waals surface area contributed by atoms with E-state index in [2.05, 4.69) is 46.0 Å². The van der Waals surface area contributed by atoms with E-state index in [1.807, 2.05) is 10.9 Å². The zero-order valence-corrected chi connectivity index (χ0v) is 11.8. The van der Waals surface area contributed by atoms with E-state index in [1.165, 1.54) is 11.8 Å². The van der Waals surface area contributed by atoms with Crippen LogP contribution in [0.4, 0.5) is 11.9 Å². The van der Waals surface area contributed by atoms with Crippen LogP contribution in [0.2, 0.25) is 0 Å². The summed E-state index contributed by atoms with van der Waals surface area (Å²) >= 11 is 1.39. The summed E-state index contributed by atoms with van der Waals surface area (Å²) in [6.45, 7) is 6.18. The maximum atomic E-state index is 5.50. The molecule has 2 aromatic heterocycles. The summed E-state index contributed by atoms with van der Waals surface area (Å²) in [6.07, 6.45) is 1.90. The van der Waals surface area contributed by atoms with E-state index in [4.69, 9.17) is 11.5 Å². The number of hydrogen-bond acceptors (Lipinski definition) is 8. The molecule has 0 radical (unpaired) electrons. The van der Waals surface area contributed by atoms with Crippen molar-refractivity contribution < 1.29 is 0 Å². The molecule has 2 rings (SSSR count). The summed E-state index contributed by atoms with van der Waals surface area (Å²) < 4.78 is 1.82. The van der Waals surface area contributed by atoms with Crippen molar-refractivity contribution in [2.75, 3.05) is 11.5 Å². The molecule has 0 saturated heterocycles. The molecule has 0 atom stereocenters. The van der Waals surface area contributed by atoms with Gasteiger partial charge in [0.25, 0.3) is 0 Å². The van der Waals surface area contributed by atoms with Crippen molar-refractivity contribution in [2.45, 2.75) is 37.2 Å². The van der Waals surface area contributed by atoms with Gasteiger partial charge in [-0.2, -0.15) is 15.0 Å². The summed E-state index contributed by atoms with van der Waals surface area (Å²) in [4.78, 5) is 11.7. The third kappa shape index (κ3) is 3.53. The van der Waals surface area contributed by atoms with Crippen molar-refractivity contribution in [3.05, 3.63) is 11.9 Å². The maximum absolute atomic E-state index is 5.50. The largest absolute Gasteiger partial charge is 0.368 e. The Morgan fingerprint density at radius 3 is 2.32 bits per heavy atom. The van der Waals surface area contributed by atoms with Gasteiger partial charge < -0.3 is 11.5 Å². The van der Waals surface area contributed by atoms with E-state index in [0.717, 1.165) is 5.69 Å². The number of nitrogens with two attached hydrogens (primary N) is 2. The Morgan fingerprint density at radius 1 is 1.16 bits per heavy atom. The van der Waals surface area contributed by atoms with E-state index in [0.29, 0.717) is 10.9 Å². The van der Waals surface area contributed by atoms with Crippen molar-refractivity contribution in [3.8, 4) is 0 Å². The number of anilines is 2. The SMILES string of the molecule is CC(C)(C)n1cc(CSc2nc(N)nc(N)n2)nn1. The Morgan fingerprint density at radius 2 is 1.79 bits per heavy atom. The molecule has 0 spiro atoms. The molecule has 0 saturated carbocycles. The van der Waals surface area contributed by atoms with Crippen molar-refractivity contribution >= 4 is 23.7 Å². The van der Waals surface area contributed by atoms with Crippen molar-refractivity contribution in [3.63, 3.8) is 0 Å². The first-order valence-corrected chi connectivity index (χ1v) is 6.65. The van der Waals surface area contributed by atoms with Gasteiger partial charge in [0.2, 0.25) is 11.9 Å². The second-order valence-electron chi connectivity index (χ2n) is 4.95. The lowest BCUT2D eigenvalue weighted by Gasteiger charge is -2.17. The second-order valence-corrected chi connectivity index (χ2v) is 5.89. The highest BCUT2D eigenvalue weighted by Gasteiger charge is 2.15. The Labute approximate surface area is 115 Å². The number of nitrogen functional groups attached to an aromatic ring is 2. The summed E-state index contributed by atoms with van der Waals surface area (Å²) in [7, 11) is 0. The van der Waals surface area contributed by atoms with Crippen molar-refractivity contribution in [2.24, 2.45) is 0 Å². The Balaban J connectivity index is 2.04. The predicted molar refractivity (Wildman–Crippen MR) is 73.2 cm³/mol. The van der Waals surface area contributed by atoms with Crippen molar-refractivity contribution in [1.82, 2.24) is 29.9 Å². The lowest BCUT2D eigenvalue weighted by Crippen LogP contribution is -2.22. The van der Waals surface area contributed by atoms with E-state index in [9.17, 15) is 0 Å². The molecule has 0 unspecified atom stereocenters.